The van der Waals surface area contributed by atoms with E-state index >= 15 is 0 Å². The maximum atomic E-state index is 14.8. The highest BCUT2D eigenvalue weighted by Gasteiger charge is 2.54. The number of quaternary nitrogens is 1. The van der Waals surface area contributed by atoms with Crippen molar-refractivity contribution in [3.63, 3.8) is 0 Å². The fourth-order valence-corrected chi connectivity index (χ4v) is 3.87. The fourth-order valence-electron chi connectivity index (χ4n) is 3.46. The van der Waals surface area contributed by atoms with Crippen LogP contribution in [0.25, 0.3) is 0 Å². The van der Waals surface area contributed by atoms with E-state index in [4.69, 9.17) is 10.5 Å². The molecule has 2 aliphatic heterocycles. The molecule has 4 rings (SSSR count). The predicted molar refractivity (Wildman–Crippen MR) is 93.5 cm³/mol. The zero-order valence-corrected chi connectivity index (χ0v) is 14.6. The molecule has 3 heterocycles. The van der Waals surface area contributed by atoms with E-state index < -0.39 is 22.3 Å². The minimum Gasteiger partial charge on any atom is -0.413 e. The van der Waals surface area contributed by atoms with Crippen molar-refractivity contribution in [2.75, 3.05) is 31.1 Å². The summed E-state index contributed by atoms with van der Waals surface area (Å²) in [6.45, 7) is 1.40. The first kappa shape index (κ1) is 17.0. The van der Waals surface area contributed by atoms with Crippen molar-refractivity contribution in [3.8, 4) is 0 Å². The monoisotopic (exact) mass is 378 g/mol. The highest BCUT2D eigenvalue weighted by Crippen LogP contribution is 2.34. The largest absolute Gasteiger partial charge is 0.529 e. The average molecular weight is 378 g/mol. The molecule has 1 aromatic carbocycles. The Morgan fingerprint density at radius 1 is 1.46 bits per heavy atom. The van der Waals surface area contributed by atoms with Crippen molar-refractivity contribution in [1.82, 2.24) is 13.2 Å². The van der Waals surface area contributed by atoms with Crippen LogP contribution in [0.5, 0.6) is 0 Å². The normalized spacial score (nSPS) is 25.5. The third kappa shape index (κ3) is 2.57. The number of halogens is 1. The van der Waals surface area contributed by atoms with Crippen molar-refractivity contribution in [2.24, 2.45) is 5.73 Å². The van der Waals surface area contributed by atoms with Gasteiger partial charge in [0.25, 0.3) is 0 Å². The van der Waals surface area contributed by atoms with Crippen LogP contribution in [0.15, 0.2) is 24.4 Å². The van der Waals surface area contributed by atoms with E-state index in [1.54, 1.807) is 12.1 Å². The predicted octanol–water partition coefficient (Wildman–Crippen LogP) is 1.51. The molecule has 0 saturated carbocycles. The highest BCUT2D eigenvalue weighted by atomic mass is 32.1. The van der Waals surface area contributed by atoms with Gasteiger partial charge in [-0.1, -0.05) is 0 Å². The Morgan fingerprint density at radius 3 is 2.88 bits per heavy atom. The molecule has 0 aliphatic carbocycles. The Hall–Kier alpha value is -2.43. The summed E-state index contributed by atoms with van der Waals surface area (Å²) in [6, 6.07) is 4.41. The lowest BCUT2D eigenvalue weighted by Crippen LogP contribution is -2.55. The van der Waals surface area contributed by atoms with Gasteiger partial charge in [-0.25, -0.2) is 9.18 Å². The molecule has 10 heteroatoms. The Labute approximate surface area is 152 Å². The second-order valence-electron chi connectivity index (χ2n) is 6.38. The number of ether oxygens (including phenoxy) is 1. The molecule has 1 aromatic heterocycles. The van der Waals surface area contributed by atoms with Gasteiger partial charge in [0.05, 0.1) is 23.6 Å². The van der Waals surface area contributed by atoms with Crippen LogP contribution in [-0.4, -0.2) is 53.0 Å². The van der Waals surface area contributed by atoms with Gasteiger partial charge in [-0.05, 0) is 12.5 Å². The van der Waals surface area contributed by atoms with Crippen LogP contribution in [0, 0.1) is 5.82 Å². The molecule has 2 fully saturated rings. The number of carbonyl (C=O) groups excluding carboxylic acids is 2. The Bertz CT molecular complexity index is 862. The van der Waals surface area contributed by atoms with Gasteiger partial charge in [0.15, 0.2) is 11.5 Å². The van der Waals surface area contributed by atoms with E-state index in [9.17, 15) is 14.0 Å². The topological polar surface area (TPSA) is 98.4 Å². The third-order valence-electron chi connectivity index (χ3n) is 4.83. The highest BCUT2D eigenvalue weighted by molar-refractivity contribution is 6.99. The molecule has 0 bridgehead atoms. The number of imide groups is 1. The standard InChI is InChI=1S/C16H17FN5O3S/c17-12-7-11(1-2-14(12)21-4-3-10(18)9-21)22(5-6-25-16(22)24)15(23)13-8-19-26-20-13/h1-2,7-8,10H,3-6,9,18H2/q+1/t10-,22?/m0/s1. The molecule has 2 aromatic rings. The second kappa shape index (κ2) is 6.38. The SMILES string of the molecule is N[C@H]1CCN(c2ccc([N+]3(C(=O)c4cnsn4)CCOC3=O)cc2F)C1. The maximum Gasteiger partial charge on any atom is 0.529 e. The summed E-state index contributed by atoms with van der Waals surface area (Å²) in [5.74, 6) is -1.07. The van der Waals surface area contributed by atoms with Gasteiger partial charge < -0.3 is 15.4 Å². The minimum atomic E-state index is -0.748. The quantitative estimate of drug-likeness (QED) is 0.809. The molecule has 2 aliphatic rings. The molecule has 2 atom stereocenters. The van der Waals surface area contributed by atoms with Gasteiger partial charge in [-0.3, -0.25) is 0 Å². The van der Waals surface area contributed by atoms with Crippen molar-refractivity contribution in [2.45, 2.75) is 12.5 Å². The summed E-state index contributed by atoms with van der Waals surface area (Å²) in [5, 5.41) is 0. The molecule has 0 spiro atoms. The number of amides is 2. The lowest BCUT2D eigenvalue weighted by Gasteiger charge is -2.25. The molecule has 136 valence electrons. The van der Waals surface area contributed by atoms with Gasteiger partial charge in [0.2, 0.25) is 5.69 Å². The van der Waals surface area contributed by atoms with Gasteiger partial charge in [-0.15, -0.1) is 4.48 Å². The number of nitrogens with two attached hydrogens (primary N) is 1. The van der Waals surface area contributed by atoms with Crippen molar-refractivity contribution in [1.29, 1.82) is 0 Å². The van der Waals surface area contributed by atoms with Crippen LogP contribution in [0.4, 0.5) is 20.6 Å². The van der Waals surface area contributed by atoms with E-state index in [1.165, 1.54) is 12.3 Å². The van der Waals surface area contributed by atoms with Crippen LogP contribution in [0.2, 0.25) is 0 Å². The van der Waals surface area contributed by atoms with E-state index in [2.05, 4.69) is 8.75 Å². The molecule has 2 saturated heterocycles. The lowest BCUT2D eigenvalue weighted by atomic mass is 10.2. The van der Waals surface area contributed by atoms with Gasteiger partial charge in [0.1, 0.15) is 13.2 Å². The number of hydrogen-bond acceptors (Lipinski definition) is 8. The molecule has 26 heavy (non-hydrogen) atoms. The summed E-state index contributed by atoms with van der Waals surface area (Å²) < 4.78 is 26.8. The van der Waals surface area contributed by atoms with Crippen molar-refractivity contribution in [3.05, 3.63) is 35.9 Å². The summed E-state index contributed by atoms with van der Waals surface area (Å²) >= 11 is 0.869. The maximum absolute atomic E-state index is 14.8. The Balaban J connectivity index is 1.74. The van der Waals surface area contributed by atoms with Crippen molar-refractivity contribution >= 4 is 35.1 Å². The van der Waals surface area contributed by atoms with E-state index in [0.29, 0.717) is 18.8 Å². The first-order chi connectivity index (χ1) is 12.5. The molecule has 8 nitrogen and oxygen atoms in total. The lowest BCUT2D eigenvalue weighted by molar-refractivity contribution is 0.0809. The first-order valence-electron chi connectivity index (χ1n) is 8.21. The molecule has 1 unspecified atom stereocenters. The third-order valence-corrected chi connectivity index (χ3v) is 5.31. The van der Waals surface area contributed by atoms with Crippen LogP contribution >= 0.6 is 11.7 Å². The van der Waals surface area contributed by atoms with Crippen LogP contribution in [-0.2, 0) is 4.74 Å². The molecule has 0 radical (unpaired) electrons. The van der Waals surface area contributed by atoms with E-state index in [-0.39, 0.29) is 30.6 Å². The van der Waals surface area contributed by atoms with Crippen LogP contribution in [0.1, 0.15) is 16.9 Å². The Kier molecular flexibility index (Phi) is 4.17. The van der Waals surface area contributed by atoms with E-state index in [1.807, 2.05) is 4.90 Å². The fraction of sp³-hybridized carbons (Fsp3) is 0.375. The number of carbonyl (C=O) groups is 2. The summed E-state index contributed by atoms with van der Waals surface area (Å²) in [6.07, 6.45) is 1.36. The number of rotatable bonds is 3. The molecule has 2 N–H and O–H groups in total. The van der Waals surface area contributed by atoms with Crippen LogP contribution in [0.3, 0.4) is 0 Å². The first-order valence-corrected chi connectivity index (χ1v) is 8.94. The number of cyclic esters (lactones) is 1. The van der Waals surface area contributed by atoms with Crippen LogP contribution < -0.4 is 15.1 Å². The number of hydrogen-bond donors (Lipinski definition) is 1. The second-order valence-corrected chi connectivity index (χ2v) is 6.93. The summed E-state index contributed by atoms with van der Waals surface area (Å²) in [7, 11) is 0. The van der Waals surface area contributed by atoms with Crippen molar-refractivity contribution < 1.29 is 18.7 Å². The molecular weight excluding hydrogens is 361 g/mol. The molecular formula is C16H17FN5O3S+. The number of anilines is 1. The van der Waals surface area contributed by atoms with Gasteiger partial charge >= 0.3 is 12.0 Å². The summed E-state index contributed by atoms with van der Waals surface area (Å²) in [5.41, 5.74) is 6.58. The summed E-state index contributed by atoms with van der Waals surface area (Å²) in [4.78, 5) is 27.3. The molecule has 2 amide bonds. The smallest absolute Gasteiger partial charge is 0.413 e. The number of aromatic nitrogens is 2. The number of nitrogens with zero attached hydrogens (tertiary/aromatic N) is 4. The Morgan fingerprint density at radius 2 is 2.31 bits per heavy atom. The van der Waals surface area contributed by atoms with Gasteiger partial charge in [0, 0.05) is 31.3 Å². The zero-order chi connectivity index (χ0) is 18.3. The zero-order valence-electron chi connectivity index (χ0n) is 13.8. The average Bonchev–Trinajstić information content (AvgIpc) is 3.35. The number of benzene rings is 1. The minimum absolute atomic E-state index is 0.0137. The van der Waals surface area contributed by atoms with Gasteiger partial charge in [-0.2, -0.15) is 13.5 Å². The van der Waals surface area contributed by atoms with E-state index in [0.717, 1.165) is 18.1 Å².